The highest BCUT2D eigenvalue weighted by Gasteiger charge is 2.18. The molecule has 26 heavy (non-hydrogen) atoms. The van der Waals surface area contributed by atoms with Gasteiger partial charge in [0.1, 0.15) is 0 Å². The van der Waals surface area contributed by atoms with Crippen molar-refractivity contribution in [3.63, 3.8) is 0 Å². The fourth-order valence-corrected chi connectivity index (χ4v) is 4.17. The number of aromatic nitrogens is 1. The number of nitrogens with one attached hydrogen (secondary N) is 2. The number of carbonyl (C=O) groups is 2. The Labute approximate surface area is 157 Å². The average Bonchev–Trinajstić information content (AvgIpc) is 3.11. The Morgan fingerprint density at radius 2 is 2.04 bits per heavy atom. The fraction of sp³-hybridized carbons (Fsp3) is 0.421. The molecule has 4 N–H and O–H groups in total. The predicted octanol–water partition coefficient (Wildman–Crippen LogP) is 3.65. The van der Waals surface area contributed by atoms with Crippen molar-refractivity contribution in [1.29, 1.82) is 0 Å². The highest BCUT2D eigenvalue weighted by atomic mass is 32.1. The number of benzene rings is 1. The minimum Gasteiger partial charge on any atom is -0.352 e. The number of hydrogen-bond donors (Lipinski definition) is 3. The Balaban J connectivity index is 1.49. The second kappa shape index (κ2) is 8.80. The van der Waals surface area contributed by atoms with Crippen molar-refractivity contribution in [2.24, 2.45) is 5.73 Å². The third-order valence-electron chi connectivity index (χ3n) is 4.61. The molecule has 7 heteroatoms. The van der Waals surface area contributed by atoms with E-state index in [9.17, 15) is 9.59 Å². The van der Waals surface area contributed by atoms with E-state index in [4.69, 9.17) is 10.7 Å². The third-order valence-corrected chi connectivity index (χ3v) is 5.54. The second-order valence-corrected chi connectivity index (χ2v) is 7.52. The average molecular weight is 372 g/mol. The van der Waals surface area contributed by atoms with Crippen LogP contribution in [0.3, 0.4) is 0 Å². The molecule has 1 saturated carbocycles. The van der Waals surface area contributed by atoms with Crippen molar-refractivity contribution in [3.8, 4) is 0 Å². The van der Waals surface area contributed by atoms with Crippen molar-refractivity contribution in [2.45, 2.75) is 44.4 Å². The van der Waals surface area contributed by atoms with E-state index in [1.54, 1.807) is 35.6 Å². The summed E-state index contributed by atoms with van der Waals surface area (Å²) < 4.78 is 0. The number of primary amides is 1. The SMILES string of the molecule is NC(=O)Nc1cccc(C(=O)NCCc2nc(C3CCCCC3)cs2)c1. The van der Waals surface area contributed by atoms with Gasteiger partial charge in [-0.25, -0.2) is 9.78 Å². The number of hydrogen-bond acceptors (Lipinski definition) is 4. The van der Waals surface area contributed by atoms with Crippen LogP contribution >= 0.6 is 11.3 Å². The molecule has 0 spiro atoms. The molecule has 1 fully saturated rings. The molecular formula is C19H24N4O2S. The maximum atomic E-state index is 12.3. The molecule has 0 saturated heterocycles. The number of rotatable bonds is 6. The molecule has 0 aliphatic heterocycles. The van der Waals surface area contributed by atoms with Crippen molar-refractivity contribution in [1.82, 2.24) is 10.3 Å². The first kappa shape index (κ1) is 18.4. The first-order valence-corrected chi connectivity index (χ1v) is 9.89. The van der Waals surface area contributed by atoms with Crippen molar-refractivity contribution in [3.05, 3.63) is 45.9 Å². The summed E-state index contributed by atoms with van der Waals surface area (Å²) in [5.41, 5.74) is 7.30. The lowest BCUT2D eigenvalue weighted by Gasteiger charge is -2.19. The van der Waals surface area contributed by atoms with E-state index in [-0.39, 0.29) is 5.91 Å². The summed E-state index contributed by atoms with van der Waals surface area (Å²) in [5, 5.41) is 8.60. The number of anilines is 1. The molecule has 1 heterocycles. The lowest BCUT2D eigenvalue weighted by atomic mass is 9.87. The van der Waals surface area contributed by atoms with Gasteiger partial charge < -0.3 is 16.4 Å². The predicted molar refractivity (Wildman–Crippen MR) is 104 cm³/mol. The maximum Gasteiger partial charge on any atom is 0.316 e. The molecule has 0 atom stereocenters. The summed E-state index contributed by atoms with van der Waals surface area (Å²) in [5.74, 6) is 0.436. The fourth-order valence-electron chi connectivity index (χ4n) is 3.29. The van der Waals surface area contributed by atoms with Crippen LogP contribution in [0.4, 0.5) is 10.5 Å². The molecular weight excluding hydrogens is 348 g/mol. The van der Waals surface area contributed by atoms with E-state index >= 15 is 0 Å². The smallest absolute Gasteiger partial charge is 0.316 e. The largest absolute Gasteiger partial charge is 0.352 e. The molecule has 2 aromatic rings. The molecule has 6 nitrogen and oxygen atoms in total. The molecule has 3 amide bonds. The van der Waals surface area contributed by atoms with Gasteiger partial charge in [-0.1, -0.05) is 25.3 Å². The molecule has 0 unspecified atom stereocenters. The van der Waals surface area contributed by atoms with Gasteiger partial charge in [0, 0.05) is 35.5 Å². The number of urea groups is 1. The van der Waals surface area contributed by atoms with Gasteiger partial charge >= 0.3 is 6.03 Å². The lowest BCUT2D eigenvalue weighted by molar-refractivity contribution is 0.0954. The topological polar surface area (TPSA) is 97.1 Å². The zero-order valence-electron chi connectivity index (χ0n) is 14.7. The minimum atomic E-state index is -0.653. The van der Waals surface area contributed by atoms with Crippen molar-refractivity contribution in [2.75, 3.05) is 11.9 Å². The zero-order valence-corrected chi connectivity index (χ0v) is 15.5. The number of amides is 3. The van der Waals surface area contributed by atoms with Gasteiger partial charge in [-0.3, -0.25) is 4.79 Å². The van der Waals surface area contributed by atoms with Crippen LogP contribution in [0, 0.1) is 0 Å². The molecule has 0 radical (unpaired) electrons. The van der Waals surface area contributed by atoms with Crippen LogP contribution in [0.25, 0.3) is 0 Å². The molecule has 1 aliphatic rings. The quantitative estimate of drug-likeness (QED) is 0.722. The number of thiazole rings is 1. The Morgan fingerprint density at radius 1 is 1.23 bits per heavy atom. The Kier molecular flexibility index (Phi) is 6.22. The Hall–Kier alpha value is -2.41. The molecule has 1 aliphatic carbocycles. The Morgan fingerprint density at radius 3 is 2.81 bits per heavy atom. The van der Waals surface area contributed by atoms with Gasteiger partial charge in [0.2, 0.25) is 0 Å². The summed E-state index contributed by atoms with van der Waals surface area (Å²) in [6.45, 7) is 0.532. The highest BCUT2D eigenvalue weighted by Crippen LogP contribution is 2.33. The Bertz CT molecular complexity index is 768. The first-order valence-electron chi connectivity index (χ1n) is 9.01. The monoisotopic (exact) mass is 372 g/mol. The van der Waals surface area contributed by atoms with E-state index in [1.165, 1.54) is 37.8 Å². The summed E-state index contributed by atoms with van der Waals surface area (Å²) >= 11 is 1.68. The normalized spacial score (nSPS) is 14.8. The molecule has 138 valence electrons. The van der Waals surface area contributed by atoms with Crippen LogP contribution in [-0.4, -0.2) is 23.5 Å². The molecule has 1 aromatic heterocycles. The van der Waals surface area contributed by atoms with Gasteiger partial charge in [0.05, 0.1) is 10.7 Å². The van der Waals surface area contributed by atoms with Gasteiger partial charge in [-0.2, -0.15) is 0 Å². The summed E-state index contributed by atoms with van der Waals surface area (Å²) in [6.07, 6.45) is 7.16. The van der Waals surface area contributed by atoms with Crippen molar-refractivity contribution >= 4 is 29.0 Å². The van der Waals surface area contributed by atoms with Gasteiger partial charge in [0.15, 0.2) is 0 Å². The third kappa shape index (κ3) is 5.05. The van der Waals surface area contributed by atoms with E-state index in [0.717, 1.165) is 11.4 Å². The molecule has 0 bridgehead atoms. The van der Waals surface area contributed by atoms with Crippen LogP contribution in [0.1, 0.15) is 59.1 Å². The van der Waals surface area contributed by atoms with Crippen LogP contribution < -0.4 is 16.4 Å². The maximum absolute atomic E-state index is 12.3. The van der Waals surface area contributed by atoms with Crippen LogP contribution in [-0.2, 0) is 6.42 Å². The van der Waals surface area contributed by atoms with E-state index in [0.29, 0.717) is 23.7 Å². The van der Waals surface area contributed by atoms with Gasteiger partial charge in [-0.05, 0) is 31.0 Å². The van der Waals surface area contributed by atoms with Crippen LogP contribution in [0.5, 0.6) is 0 Å². The van der Waals surface area contributed by atoms with Crippen LogP contribution in [0.15, 0.2) is 29.6 Å². The van der Waals surface area contributed by atoms with E-state index < -0.39 is 6.03 Å². The lowest BCUT2D eigenvalue weighted by Crippen LogP contribution is -2.26. The summed E-state index contributed by atoms with van der Waals surface area (Å²) in [7, 11) is 0. The van der Waals surface area contributed by atoms with E-state index in [2.05, 4.69) is 16.0 Å². The molecule has 3 rings (SSSR count). The first-order chi connectivity index (χ1) is 12.6. The number of nitrogens with zero attached hydrogens (tertiary/aromatic N) is 1. The number of nitrogens with two attached hydrogens (primary N) is 1. The van der Waals surface area contributed by atoms with Crippen LogP contribution in [0.2, 0.25) is 0 Å². The number of carbonyl (C=O) groups excluding carboxylic acids is 2. The van der Waals surface area contributed by atoms with Gasteiger partial charge in [0.25, 0.3) is 5.91 Å². The van der Waals surface area contributed by atoms with E-state index in [1.807, 2.05) is 0 Å². The second-order valence-electron chi connectivity index (χ2n) is 6.58. The summed E-state index contributed by atoms with van der Waals surface area (Å²) in [6, 6.07) is 6.04. The standard InChI is InChI=1S/C19H24N4O2S/c20-19(25)22-15-8-4-7-14(11-15)18(24)21-10-9-17-23-16(12-26-17)13-5-2-1-3-6-13/h4,7-8,11-13H,1-3,5-6,9-10H2,(H,21,24)(H3,20,22,25). The minimum absolute atomic E-state index is 0.179. The highest BCUT2D eigenvalue weighted by molar-refractivity contribution is 7.09. The zero-order chi connectivity index (χ0) is 18.4. The molecule has 1 aromatic carbocycles. The summed E-state index contributed by atoms with van der Waals surface area (Å²) in [4.78, 5) is 27.9. The van der Waals surface area contributed by atoms with Gasteiger partial charge in [-0.15, -0.1) is 11.3 Å². The van der Waals surface area contributed by atoms with Crippen molar-refractivity contribution < 1.29 is 9.59 Å².